The van der Waals surface area contributed by atoms with Gasteiger partial charge in [0.05, 0.1) is 6.54 Å². The summed E-state index contributed by atoms with van der Waals surface area (Å²) in [5.74, 6) is 0.627. The van der Waals surface area contributed by atoms with E-state index in [9.17, 15) is 4.79 Å². The zero-order valence-electron chi connectivity index (χ0n) is 11.4. The summed E-state index contributed by atoms with van der Waals surface area (Å²) in [5, 5.41) is 4.64. The predicted molar refractivity (Wildman–Crippen MR) is 75.8 cm³/mol. The summed E-state index contributed by atoms with van der Waals surface area (Å²) in [5.41, 5.74) is -0.569. The van der Waals surface area contributed by atoms with Crippen LogP contribution in [0.2, 0.25) is 5.02 Å². The van der Waals surface area contributed by atoms with Crippen molar-refractivity contribution in [2.45, 2.75) is 20.4 Å². The van der Waals surface area contributed by atoms with Crippen molar-refractivity contribution in [1.29, 1.82) is 0 Å². The molecule has 0 atom stereocenters. The topological polar surface area (TPSA) is 57.0 Å². The average molecular weight is 294 g/mol. The summed E-state index contributed by atoms with van der Waals surface area (Å²) < 4.78 is 7.11. The predicted octanol–water partition coefficient (Wildman–Crippen LogP) is 2.61. The van der Waals surface area contributed by atoms with E-state index >= 15 is 0 Å². The molecule has 1 aromatic heterocycles. The highest BCUT2D eigenvalue weighted by atomic mass is 35.5. The molecule has 0 saturated heterocycles. The number of ether oxygens (including phenoxy) is 1. The van der Waals surface area contributed by atoms with Gasteiger partial charge in [-0.05, 0) is 24.3 Å². The van der Waals surface area contributed by atoms with Gasteiger partial charge in [0.15, 0.2) is 5.78 Å². The molecule has 5 nitrogen and oxygen atoms in total. The number of benzene rings is 1. The number of carbonyl (C=O) groups excluding carboxylic acids is 1. The first-order valence-electron chi connectivity index (χ1n) is 6.21. The van der Waals surface area contributed by atoms with E-state index in [0.29, 0.717) is 17.3 Å². The zero-order valence-corrected chi connectivity index (χ0v) is 12.2. The minimum atomic E-state index is -0.569. The van der Waals surface area contributed by atoms with Crippen LogP contribution in [0.25, 0.3) is 0 Å². The number of hydrogen-bond donors (Lipinski definition) is 0. The van der Waals surface area contributed by atoms with Gasteiger partial charge in [-0.1, -0.05) is 25.4 Å². The van der Waals surface area contributed by atoms with Crippen molar-refractivity contribution in [1.82, 2.24) is 14.8 Å². The van der Waals surface area contributed by atoms with E-state index in [4.69, 9.17) is 16.3 Å². The first-order chi connectivity index (χ1) is 9.47. The van der Waals surface area contributed by atoms with Gasteiger partial charge in [0, 0.05) is 10.4 Å². The summed E-state index contributed by atoms with van der Waals surface area (Å²) in [6.45, 7) is 4.21. The lowest BCUT2D eigenvalue weighted by Gasteiger charge is -2.22. The van der Waals surface area contributed by atoms with E-state index in [1.54, 1.807) is 35.3 Å². The summed E-state index contributed by atoms with van der Waals surface area (Å²) in [4.78, 5) is 16.1. The molecule has 0 unspecified atom stereocenters. The number of hydrogen-bond acceptors (Lipinski definition) is 4. The fourth-order valence-electron chi connectivity index (χ4n) is 1.68. The Balaban J connectivity index is 1.91. The lowest BCUT2D eigenvalue weighted by atomic mass is 9.88. The molecular formula is C14H16ClN3O2. The molecule has 0 aliphatic carbocycles. The maximum absolute atomic E-state index is 12.2. The van der Waals surface area contributed by atoms with Crippen LogP contribution >= 0.6 is 11.6 Å². The van der Waals surface area contributed by atoms with E-state index in [1.165, 1.54) is 6.33 Å². The quantitative estimate of drug-likeness (QED) is 0.821. The molecule has 106 valence electrons. The maximum Gasteiger partial charge on any atom is 0.177 e. The Kier molecular flexibility index (Phi) is 4.39. The Morgan fingerprint density at radius 3 is 2.65 bits per heavy atom. The van der Waals surface area contributed by atoms with Crippen LogP contribution < -0.4 is 4.74 Å². The fraction of sp³-hybridized carbons (Fsp3) is 0.357. The summed E-state index contributed by atoms with van der Waals surface area (Å²) in [6.07, 6.45) is 3.04. The first-order valence-corrected chi connectivity index (χ1v) is 6.59. The van der Waals surface area contributed by atoms with Crippen molar-refractivity contribution in [3.05, 3.63) is 41.9 Å². The van der Waals surface area contributed by atoms with Crippen LogP contribution in [-0.4, -0.2) is 27.2 Å². The molecule has 0 fully saturated rings. The molecule has 0 aliphatic heterocycles. The Morgan fingerprint density at radius 1 is 1.35 bits per heavy atom. The number of halogens is 1. The average Bonchev–Trinajstić information content (AvgIpc) is 2.89. The van der Waals surface area contributed by atoms with Gasteiger partial charge in [-0.3, -0.25) is 9.48 Å². The number of rotatable bonds is 6. The Hall–Kier alpha value is -1.88. The smallest absolute Gasteiger partial charge is 0.177 e. The van der Waals surface area contributed by atoms with Crippen molar-refractivity contribution in [3.8, 4) is 5.75 Å². The lowest BCUT2D eigenvalue weighted by Crippen LogP contribution is -2.33. The van der Waals surface area contributed by atoms with Gasteiger partial charge in [0.1, 0.15) is 25.0 Å². The Morgan fingerprint density at radius 2 is 2.05 bits per heavy atom. The van der Waals surface area contributed by atoms with Gasteiger partial charge >= 0.3 is 0 Å². The highest BCUT2D eigenvalue weighted by Crippen LogP contribution is 2.21. The SMILES string of the molecule is CC(C)(Cn1cncn1)C(=O)COc1ccc(Cl)cc1. The van der Waals surface area contributed by atoms with E-state index in [0.717, 1.165) is 0 Å². The van der Waals surface area contributed by atoms with E-state index in [-0.39, 0.29) is 12.4 Å². The molecule has 0 saturated carbocycles. The third-order valence-electron chi connectivity index (χ3n) is 2.96. The molecule has 0 amide bonds. The number of Topliss-reactive ketones (excluding diaryl/α,β-unsaturated/α-hetero) is 1. The molecule has 0 spiro atoms. The van der Waals surface area contributed by atoms with Gasteiger partial charge in [-0.25, -0.2) is 4.98 Å². The number of carbonyl (C=O) groups is 1. The maximum atomic E-state index is 12.2. The molecule has 2 rings (SSSR count). The molecule has 0 aliphatic rings. The van der Waals surface area contributed by atoms with Crippen LogP contribution in [0, 0.1) is 5.41 Å². The van der Waals surface area contributed by atoms with Crippen LogP contribution in [0.5, 0.6) is 5.75 Å². The van der Waals surface area contributed by atoms with Crippen molar-refractivity contribution in [3.63, 3.8) is 0 Å². The molecule has 0 bridgehead atoms. The number of aromatic nitrogens is 3. The summed E-state index contributed by atoms with van der Waals surface area (Å²) in [6, 6.07) is 6.92. The van der Waals surface area contributed by atoms with E-state index in [2.05, 4.69) is 10.1 Å². The Labute approximate surface area is 122 Å². The lowest BCUT2D eigenvalue weighted by molar-refractivity contribution is -0.130. The van der Waals surface area contributed by atoms with Gasteiger partial charge in [0.2, 0.25) is 0 Å². The number of ketones is 1. The molecule has 0 N–H and O–H groups in total. The van der Waals surface area contributed by atoms with Crippen LogP contribution in [0.3, 0.4) is 0 Å². The Bertz CT molecular complexity index is 565. The normalized spacial score (nSPS) is 11.3. The first kappa shape index (κ1) is 14.5. The van der Waals surface area contributed by atoms with Crippen molar-refractivity contribution >= 4 is 17.4 Å². The van der Waals surface area contributed by atoms with Gasteiger partial charge in [-0.2, -0.15) is 5.10 Å². The third-order valence-corrected chi connectivity index (χ3v) is 3.21. The van der Waals surface area contributed by atoms with E-state index < -0.39 is 5.41 Å². The zero-order chi connectivity index (χ0) is 14.6. The highest BCUT2D eigenvalue weighted by molar-refractivity contribution is 6.30. The second-order valence-corrected chi connectivity index (χ2v) is 5.58. The molecule has 0 radical (unpaired) electrons. The second-order valence-electron chi connectivity index (χ2n) is 5.14. The molecule has 2 aromatic rings. The molecule has 1 aromatic carbocycles. The fourth-order valence-corrected chi connectivity index (χ4v) is 1.81. The molecule has 1 heterocycles. The van der Waals surface area contributed by atoms with Crippen molar-refractivity contribution < 1.29 is 9.53 Å². The van der Waals surface area contributed by atoms with Gasteiger partial charge in [0.25, 0.3) is 0 Å². The van der Waals surface area contributed by atoms with Crippen LogP contribution in [0.1, 0.15) is 13.8 Å². The van der Waals surface area contributed by atoms with Crippen molar-refractivity contribution in [2.24, 2.45) is 5.41 Å². The minimum Gasteiger partial charge on any atom is -0.486 e. The summed E-state index contributed by atoms with van der Waals surface area (Å²) in [7, 11) is 0. The molecule has 20 heavy (non-hydrogen) atoms. The highest BCUT2D eigenvalue weighted by Gasteiger charge is 2.28. The largest absolute Gasteiger partial charge is 0.486 e. The third kappa shape index (κ3) is 3.81. The minimum absolute atomic E-state index is 0.00273. The number of nitrogens with zero attached hydrogens (tertiary/aromatic N) is 3. The van der Waals surface area contributed by atoms with E-state index in [1.807, 2.05) is 13.8 Å². The molecular weight excluding hydrogens is 278 g/mol. The van der Waals surface area contributed by atoms with Crippen molar-refractivity contribution in [2.75, 3.05) is 6.61 Å². The monoisotopic (exact) mass is 293 g/mol. The van der Waals surface area contributed by atoms with Gasteiger partial charge < -0.3 is 4.74 Å². The molecule has 6 heteroatoms. The van der Waals surface area contributed by atoms with Gasteiger partial charge in [-0.15, -0.1) is 0 Å². The van der Waals surface area contributed by atoms with Crippen LogP contribution in [-0.2, 0) is 11.3 Å². The summed E-state index contributed by atoms with van der Waals surface area (Å²) >= 11 is 5.79. The van der Waals surface area contributed by atoms with Crippen LogP contribution in [0.4, 0.5) is 0 Å². The second kappa shape index (κ2) is 6.05. The van der Waals surface area contributed by atoms with Crippen LogP contribution in [0.15, 0.2) is 36.9 Å². The standard InChI is InChI=1S/C14H16ClN3O2/c1-14(2,8-18-10-16-9-17-18)13(19)7-20-12-5-3-11(15)4-6-12/h3-6,9-10H,7-8H2,1-2H3.